The molecule has 4 rings (SSSR count). The minimum atomic E-state index is -0.480. The molecule has 158 valence electrons. The molecule has 0 unspecified atom stereocenters. The number of nitrogens with zero attached hydrogens (tertiary/aromatic N) is 4. The van der Waals surface area contributed by atoms with E-state index in [0.717, 1.165) is 41.1 Å². The van der Waals surface area contributed by atoms with E-state index in [1.54, 1.807) is 18.5 Å². The number of pyridine rings is 2. The normalized spacial score (nSPS) is 13.2. The van der Waals surface area contributed by atoms with Gasteiger partial charge < -0.3 is 10.5 Å². The van der Waals surface area contributed by atoms with Crippen LogP contribution in [0.4, 0.5) is 10.2 Å². The summed E-state index contributed by atoms with van der Waals surface area (Å²) in [6, 6.07) is 12.2. The van der Waals surface area contributed by atoms with Crippen molar-refractivity contribution < 1.29 is 9.60 Å². The van der Waals surface area contributed by atoms with Crippen LogP contribution in [0.25, 0.3) is 0 Å². The summed E-state index contributed by atoms with van der Waals surface area (Å²) < 4.78 is 13.4. The smallest absolute Gasteiger partial charge is 0.156 e. The van der Waals surface area contributed by atoms with Crippen molar-refractivity contribution in [3.05, 3.63) is 88.1 Å². The van der Waals surface area contributed by atoms with Crippen molar-refractivity contribution in [2.75, 3.05) is 13.1 Å². The Morgan fingerprint density at radius 1 is 1.16 bits per heavy atom. The summed E-state index contributed by atoms with van der Waals surface area (Å²) in [4.78, 5) is 13.3. The first kappa shape index (κ1) is 21.1. The topological polar surface area (TPSA) is 82.8 Å². The summed E-state index contributed by atoms with van der Waals surface area (Å²) in [6.45, 7) is 1.43. The summed E-state index contributed by atoms with van der Waals surface area (Å²) in [6.07, 6.45) is 5.22. The number of aliphatic imine (C=N–C) groups is 1. The van der Waals surface area contributed by atoms with Gasteiger partial charge in [0.1, 0.15) is 5.82 Å². The average molecular weight is 438 g/mol. The molecule has 2 N–H and O–H groups in total. The number of benzene rings is 1. The molecular weight excluding hydrogens is 417 g/mol. The summed E-state index contributed by atoms with van der Waals surface area (Å²) >= 11 is 5.88. The molecule has 3 aromatic rings. The minimum absolute atomic E-state index is 0.0390. The Morgan fingerprint density at radius 3 is 2.84 bits per heavy atom. The van der Waals surface area contributed by atoms with Crippen LogP contribution in [0.2, 0.25) is 5.02 Å². The Bertz CT molecular complexity index is 1130. The van der Waals surface area contributed by atoms with Crippen LogP contribution in [0, 0.1) is 5.82 Å². The predicted molar refractivity (Wildman–Crippen MR) is 119 cm³/mol. The van der Waals surface area contributed by atoms with E-state index < -0.39 is 5.82 Å². The predicted octanol–water partition coefficient (Wildman–Crippen LogP) is 4.15. The lowest BCUT2D eigenvalue weighted by Crippen LogP contribution is -2.25. The number of fused-ring (bicyclic) bond motifs is 1. The zero-order valence-corrected chi connectivity index (χ0v) is 17.5. The molecule has 0 aliphatic carbocycles. The lowest BCUT2D eigenvalue weighted by Gasteiger charge is -2.10. The highest BCUT2D eigenvalue weighted by Gasteiger charge is 2.22. The summed E-state index contributed by atoms with van der Waals surface area (Å²) in [5.74, 6) is 0.156. The lowest BCUT2D eigenvalue weighted by molar-refractivity contribution is 0.318. The first-order chi connectivity index (χ1) is 15.1. The summed E-state index contributed by atoms with van der Waals surface area (Å²) in [7, 11) is 0. The molecule has 0 atom stereocenters. The largest absolute Gasteiger partial charge is 0.411 e. The Morgan fingerprint density at radius 2 is 2.06 bits per heavy atom. The Hall–Kier alpha value is -3.16. The highest BCUT2D eigenvalue weighted by atomic mass is 35.5. The fourth-order valence-electron chi connectivity index (χ4n) is 3.54. The van der Waals surface area contributed by atoms with Crippen molar-refractivity contribution in [3.8, 4) is 0 Å². The van der Waals surface area contributed by atoms with Gasteiger partial charge in [0.2, 0.25) is 0 Å². The van der Waals surface area contributed by atoms with E-state index in [9.17, 15) is 9.60 Å². The molecule has 0 bridgehead atoms. The minimum Gasteiger partial charge on any atom is -0.411 e. The number of aromatic nitrogens is 2. The highest BCUT2D eigenvalue weighted by Crippen LogP contribution is 2.28. The van der Waals surface area contributed by atoms with Gasteiger partial charge in [0.05, 0.1) is 10.7 Å². The van der Waals surface area contributed by atoms with Crippen molar-refractivity contribution in [1.82, 2.24) is 15.3 Å². The number of hydrogen-bond donors (Lipinski definition) is 2. The van der Waals surface area contributed by atoms with Crippen LogP contribution in [0.1, 0.15) is 22.4 Å². The SMILES string of the molecule is O/N=C(\Cc1ccc(F)c(Cl)c1)c1ccnc2c1CC(CNCCc1ccccn1)=N2. The maximum Gasteiger partial charge on any atom is 0.156 e. The molecule has 2 aromatic heterocycles. The van der Waals surface area contributed by atoms with Gasteiger partial charge in [0, 0.05) is 67.3 Å². The van der Waals surface area contributed by atoms with Crippen molar-refractivity contribution in [2.24, 2.45) is 10.1 Å². The fraction of sp³-hybridized carbons (Fsp3) is 0.217. The molecule has 31 heavy (non-hydrogen) atoms. The molecule has 8 heteroatoms. The van der Waals surface area contributed by atoms with Gasteiger partial charge in [-0.2, -0.15) is 0 Å². The molecule has 0 radical (unpaired) electrons. The van der Waals surface area contributed by atoms with Gasteiger partial charge in [-0.05, 0) is 35.9 Å². The van der Waals surface area contributed by atoms with E-state index in [0.29, 0.717) is 30.9 Å². The molecule has 1 aliphatic rings. The zero-order valence-electron chi connectivity index (χ0n) is 16.7. The molecule has 0 amide bonds. The van der Waals surface area contributed by atoms with E-state index >= 15 is 0 Å². The number of hydrogen-bond acceptors (Lipinski definition) is 6. The van der Waals surface area contributed by atoms with Crippen molar-refractivity contribution >= 4 is 28.8 Å². The van der Waals surface area contributed by atoms with Crippen LogP contribution in [0.3, 0.4) is 0 Å². The zero-order chi connectivity index (χ0) is 21.6. The van der Waals surface area contributed by atoms with E-state index in [1.165, 1.54) is 12.1 Å². The van der Waals surface area contributed by atoms with Gasteiger partial charge in [-0.1, -0.05) is 28.9 Å². The summed E-state index contributed by atoms with van der Waals surface area (Å²) in [5.41, 5.74) is 4.92. The molecule has 6 nitrogen and oxygen atoms in total. The van der Waals surface area contributed by atoms with Crippen molar-refractivity contribution in [2.45, 2.75) is 19.3 Å². The first-order valence-corrected chi connectivity index (χ1v) is 10.3. The number of rotatable bonds is 8. The van der Waals surface area contributed by atoms with E-state index in [2.05, 4.69) is 25.4 Å². The highest BCUT2D eigenvalue weighted by molar-refractivity contribution is 6.30. The van der Waals surface area contributed by atoms with Crippen LogP contribution in [-0.2, 0) is 19.3 Å². The number of halogens is 2. The van der Waals surface area contributed by atoms with E-state index in [4.69, 9.17) is 11.6 Å². The second-order valence-corrected chi connectivity index (χ2v) is 7.64. The lowest BCUT2D eigenvalue weighted by atomic mass is 9.97. The maximum absolute atomic E-state index is 13.4. The molecule has 0 spiro atoms. The van der Waals surface area contributed by atoms with Gasteiger partial charge >= 0.3 is 0 Å². The molecular formula is C23H21ClFN5O. The third-order valence-electron chi connectivity index (χ3n) is 5.08. The maximum atomic E-state index is 13.4. The molecule has 0 saturated carbocycles. The van der Waals surface area contributed by atoms with Gasteiger partial charge in [-0.3, -0.25) is 4.98 Å². The number of oxime groups is 1. The van der Waals surface area contributed by atoms with Crippen LogP contribution >= 0.6 is 11.6 Å². The van der Waals surface area contributed by atoms with Crippen LogP contribution in [0.15, 0.2) is 65.0 Å². The second-order valence-electron chi connectivity index (χ2n) is 7.24. The van der Waals surface area contributed by atoms with Crippen LogP contribution < -0.4 is 5.32 Å². The molecule has 1 aliphatic heterocycles. The van der Waals surface area contributed by atoms with Crippen LogP contribution in [-0.4, -0.2) is 39.7 Å². The summed E-state index contributed by atoms with van der Waals surface area (Å²) in [5, 5.41) is 16.6. The monoisotopic (exact) mass is 437 g/mol. The molecule has 0 fully saturated rings. The molecule has 0 saturated heterocycles. The van der Waals surface area contributed by atoms with Crippen LogP contribution in [0.5, 0.6) is 0 Å². The third-order valence-corrected chi connectivity index (χ3v) is 5.37. The van der Waals surface area contributed by atoms with E-state index in [-0.39, 0.29) is 5.02 Å². The number of nitrogens with one attached hydrogen (secondary N) is 1. The van der Waals surface area contributed by atoms with Gasteiger partial charge in [0.25, 0.3) is 0 Å². The van der Waals surface area contributed by atoms with E-state index in [1.807, 2.05) is 24.3 Å². The quantitative estimate of drug-likeness (QED) is 0.240. The molecule has 3 heterocycles. The van der Waals surface area contributed by atoms with Crippen molar-refractivity contribution in [1.29, 1.82) is 0 Å². The van der Waals surface area contributed by atoms with Gasteiger partial charge in [-0.15, -0.1) is 0 Å². The average Bonchev–Trinajstić information content (AvgIpc) is 3.21. The first-order valence-electron chi connectivity index (χ1n) is 9.94. The standard InChI is InChI=1S/C23H21ClFN5O/c24-20-11-15(4-5-21(20)25)12-22(30-31)18-7-10-28-23-19(18)13-17(29-23)14-26-9-6-16-3-1-2-8-27-16/h1-5,7-8,10-11,26,31H,6,9,12-14H2/b30-22+. The van der Waals surface area contributed by atoms with Gasteiger partial charge in [0.15, 0.2) is 5.82 Å². The Labute approximate surface area is 184 Å². The third kappa shape index (κ3) is 5.13. The Kier molecular flexibility index (Phi) is 6.64. The van der Waals surface area contributed by atoms with Crippen molar-refractivity contribution in [3.63, 3.8) is 0 Å². The molecule has 1 aromatic carbocycles. The second kappa shape index (κ2) is 9.76. The Balaban J connectivity index is 1.40. The van der Waals surface area contributed by atoms with Gasteiger partial charge in [-0.25, -0.2) is 14.4 Å². The fourth-order valence-corrected chi connectivity index (χ4v) is 3.74.